The monoisotopic (exact) mass is 332 g/mol. The molecule has 0 aliphatic heterocycles. The van der Waals surface area contributed by atoms with E-state index in [4.69, 9.17) is 10.5 Å². The molecule has 24 heavy (non-hydrogen) atoms. The molecule has 1 aromatic heterocycles. The van der Waals surface area contributed by atoms with Gasteiger partial charge in [0.2, 0.25) is 0 Å². The summed E-state index contributed by atoms with van der Waals surface area (Å²) < 4.78 is 4.87. The number of nitrogens with zero attached hydrogens (tertiary/aromatic N) is 1. The number of aryl methyl sites for hydroxylation is 1. The fourth-order valence-electron chi connectivity index (χ4n) is 2.01. The minimum absolute atomic E-state index is 0.0878. The zero-order chi connectivity index (χ0) is 17.7. The minimum atomic E-state index is -1.16. The third kappa shape index (κ3) is 4.38. The molecule has 0 fully saturated rings. The lowest BCUT2D eigenvalue weighted by atomic mass is 10.2. The van der Waals surface area contributed by atoms with Crippen LogP contribution in [0.5, 0.6) is 0 Å². The van der Waals surface area contributed by atoms with E-state index in [1.54, 1.807) is 24.3 Å². The number of esters is 1. The van der Waals surface area contributed by atoms with Gasteiger partial charge in [-0.25, -0.2) is 9.78 Å². The number of nitrogens with two attached hydrogens (primary N) is 1. The number of hydrogen-bond donors (Lipinski definition) is 3. The molecular weight excluding hydrogens is 316 g/mol. The fourth-order valence-corrected chi connectivity index (χ4v) is 2.01. The number of hydrogen-bond acceptors (Lipinski definition) is 6. The number of imide groups is 1. The first-order chi connectivity index (χ1) is 11.4. The highest BCUT2D eigenvalue weighted by Crippen LogP contribution is 2.07. The third-order valence-corrected chi connectivity index (χ3v) is 3.15. The van der Waals surface area contributed by atoms with Crippen LogP contribution in [0.4, 0.5) is 4.79 Å². The summed E-state index contributed by atoms with van der Waals surface area (Å²) in [5.74, 6) is -1.14. The number of H-pyrrole nitrogens is 1. The summed E-state index contributed by atoms with van der Waals surface area (Å²) >= 11 is 0. The van der Waals surface area contributed by atoms with Crippen LogP contribution in [0.15, 0.2) is 29.1 Å². The molecule has 3 amide bonds. The van der Waals surface area contributed by atoms with Gasteiger partial charge in [-0.05, 0) is 19.1 Å². The van der Waals surface area contributed by atoms with Crippen molar-refractivity contribution in [3.05, 3.63) is 40.4 Å². The number of fused-ring (bicyclic) bond motifs is 1. The van der Waals surface area contributed by atoms with Crippen LogP contribution in [0.2, 0.25) is 0 Å². The van der Waals surface area contributed by atoms with Crippen molar-refractivity contribution in [2.75, 3.05) is 0 Å². The Morgan fingerprint density at radius 2 is 2.04 bits per heavy atom. The van der Waals surface area contributed by atoms with Crippen molar-refractivity contribution in [2.45, 2.75) is 25.9 Å². The average molecular weight is 332 g/mol. The molecule has 0 saturated carbocycles. The van der Waals surface area contributed by atoms with E-state index in [9.17, 15) is 19.2 Å². The number of ether oxygens (including phenoxy) is 1. The van der Waals surface area contributed by atoms with Crippen molar-refractivity contribution in [1.29, 1.82) is 0 Å². The van der Waals surface area contributed by atoms with Crippen LogP contribution < -0.4 is 16.6 Å². The number of carbonyl (C=O) groups excluding carboxylic acids is 3. The number of aromatic amines is 1. The lowest BCUT2D eigenvalue weighted by Crippen LogP contribution is -2.42. The second kappa shape index (κ2) is 7.36. The first kappa shape index (κ1) is 17.1. The van der Waals surface area contributed by atoms with Crippen LogP contribution in [0.1, 0.15) is 19.2 Å². The van der Waals surface area contributed by atoms with Crippen LogP contribution in [0.25, 0.3) is 10.9 Å². The summed E-state index contributed by atoms with van der Waals surface area (Å²) in [6.07, 6.45) is -1.10. The average Bonchev–Trinajstić information content (AvgIpc) is 2.52. The quantitative estimate of drug-likeness (QED) is 0.656. The second-order valence-electron chi connectivity index (χ2n) is 5.02. The molecule has 1 atom stereocenters. The normalized spacial score (nSPS) is 11.7. The molecule has 0 aliphatic rings. The number of benzene rings is 1. The van der Waals surface area contributed by atoms with Gasteiger partial charge in [-0.3, -0.25) is 19.7 Å². The highest BCUT2D eigenvalue weighted by molar-refractivity contribution is 5.96. The van der Waals surface area contributed by atoms with Crippen molar-refractivity contribution < 1.29 is 19.1 Å². The highest BCUT2D eigenvalue weighted by atomic mass is 16.5. The Morgan fingerprint density at radius 1 is 1.33 bits per heavy atom. The Morgan fingerprint density at radius 3 is 2.75 bits per heavy atom. The van der Waals surface area contributed by atoms with Gasteiger partial charge in [0.05, 0.1) is 17.3 Å². The number of urea groups is 1. The van der Waals surface area contributed by atoms with E-state index in [1.165, 1.54) is 6.92 Å². The SMILES string of the molecule is CC(OC(=O)CCc1nc2ccccc2c(=O)[nH]1)C(=O)NC(N)=O. The van der Waals surface area contributed by atoms with Crippen LogP contribution in [-0.4, -0.2) is 34.0 Å². The van der Waals surface area contributed by atoms with Crippen molar-refractivity contribution in [3.63, 3.8) is 0 Å². The number of aromatic nitrogens is 2. The topological polar surface area (TPSA) is 144 Å². The predicted octanol–water partition coefficient (Wildman–Crippen LogP) is -0.0177. The maximum Gasteiger partial charge on any atom is 0.318 e. The number of amides is 3. The Hall–Kier alpha value is -3.23. The van der Waals surface area contributed by atoms with Gasteiger partial charge >= 0.3 is 12.0 Å². The molecule has 0 aliphatic carbocycles. The molecule has 4 N–H and O–H groups in total. The van der Waals surface area contributed by atoms with E-state index < -0.39 is 24.0 Å². The second-order valence-corrected chi connectivity index (χ2v) is 5.02. The van der Waals surface area contributed by atoms with Gasteiger partial charge in [0, 0.05) is 6.42 Å². The van der Waals surface area contributed by atoms with Crippen molar-refractivity contribution >= 4 is 28.8 Å². The molecule has 9 heteroatoms. The molecule has 0 bridgehead atoms. The van der Waals surface area contributed by atoms with Gasteiger partial charge in [-0.1, -0.05) is 12.1 Å². The Labute approximate surface area is 136 Å². The Bertz CT molecular complexity index is 845. The fraction of sp³-hybridized carbons (Fsp3) is 0.267. The van der Waals surface area contributed by atoms with Crippen molar-refractivity contribution in [1.82, 2.24) is 15.3 Å². The van der Waals surface area contributed by atoms with E-state index in [0.717, 1.165) is 0 Å². The molecule has 0 spiro atoms. The van der Waals surface area contributed by atoms with Gasteiger partial charge in [-0.2, -0.15) is 0 Å². The molecule has 126 valence electrons. The van der Waals surface area contributed by atoms with Crippen molar-refractivity contribution in [2.24, 2.45) is 5.73 Å². The Kier molecular flexibility index (Phi) is 5.25. The summed E-state index contributed by atoms with van der Waals surface area (Å²) in [6.45, 7) is 1.31. The summed E-state index contributed by atoms with van der Waals surface area (Å²) in [4.78, 5) is 52.4. The first-order valence-electron chi connectivity index (χ1n) is 7.14. The predicted molar refractivity (Wildman–Crippen MR) is 84.0 cm³/mol. The van der Waals surface area contributed by atoms with Crippen LogP contribution in [-0.2, 0) is 20.7 Å². The first-order valence-corrected chi connectivity index (χ1v) is 7.14. The van der Waals surface area contributed by atoms with Gasteiger partial charge in [-0.15, -0.1) is 0 Å². The van der Waals surface area contributed by atoms with E-state index in [1.807, 2.05) is 5.32 Å². The zero-order valence-electron chi connectivity index (χ0n) is 12.9. The molecule has 9 nitrogen and oxygen atoms in total. The molecule has 2 rings (SSSR count). The number of para-hydroxylation sites is 1. The lowest BCUT2D eigenvalue weighted by molar-refractivity contribution is -0.154. The summed E-state index contributed by atoms with van der Waals surface area (Å²) in [5.41, 5.74) is 5.04. The van der Waals surface area contributed by atoms with Gasteiger partial charge in [0.1, 0.15) is 5.82 Å². The van der Waals surface area contributed by atoms with Gasteiger partial charge < -0.3 is 15.5 Å². The van der Waals surface area contributed by atoms with E-state index in [-0.39, 0.29) is 18.4 Å². The highest BCUT2D eigenvalue weighted by Gasteiger charge is 2.19. The number of nitrogens with one attached hydrogen (secondary N) is 2. The molecule has 1 aromatic carbocycles. The van der Waals surface area contributed by atoms with Crippen LogP contribution in [0, 0.1) is 0 Å². The molecule has 1 heterocycles. The molecule has 1 unspecified atom stereocenters. The molecule has 2 aromatic rings. The minimum Gasteiger partial charge on any atom is -0.453 e. The number of rotatable bonds is 5. The Balaban J connectivity index is 1.96. The summed E-state index contributed by atoms with van der Waals surface area (Å²) in [5, 5.41) is 2.27. The molecule has 0 radical (unpaired) electrons. The largest absolute Gasteiger partial charge is 0.453 e. The number of carbonyl (C=O) groups is 3. The van der Waals surface area contributed by atoms with Crippen molar-refractivity contribution in [3.8, 4) is 0 Å². The molecular formula is C15H16N4O5. The van der Waals surface area contributed by atoms with E-state index >= 15 is 0 Å². The van der Waals surface area contributed by atoms with Gasteiger partial charge in [0.15, 0.2) is 6.10 Å². The summed E-state index contributed by atoms with van der Waals surface area (Å²) in [7, 11) is 0. The third-order valence-electron chi connectivity index (χ3n) is 3.15. The lowest BCUT2D eigenvalue weighted by Gasteiger charge is -2.11. The zero-order valence-corrected chi connectivity index (χ0v) is 12.9. The van der Waals surface area contributed by atoms with E-state index in [0.29, 0.717) is 16.7 Å². The van der Waals surface area contributed by atoms with E-state index in [2.05, 4.69) is 9.97 Å². The maximum absolute atomic E-state index is 11.9. The van der Waals surface area contributed by atoms with Crippen LogP contribution in [0.3, 0.4) is 0 Å². The van der Waals surface area contributed by atoms with Crippen LogP contribution >= 0.6 is 0 Å². The maximum atomic E-state index is 11.9. The standard InChI is InChI=1S/C15H16N4O5/c1-8(13(21)19-15(16)23)24-12(20)7-6-11-17-10-5-3-2-4-9(10)14(22)18-11/h2-5,8H,6-7H2,1H3,(H,17,18,22)(H3,16,19,21,23). The smallest absolute Gasteiger partial charge is 0.318 e. The van der Waals surface area contributed by atoms with Gasteiger partial charge in [0.25, 0.3) is 11.5 Å². The summed E-state index contributed by atoms with van der Waals surface area (Å²) in [6, 6.07) is 5.81. The molecule has 0 saturated heterocycles. The number of primary amides is 1.